The van der Waals surface area contributed by atoms with Gasteiger partial charge in [0.05, 0.1) is 12.1 Å². The summed E-state index contributed by atoms with van der Waals surface area (Å²) in [7, 11) is 0. The number of fused-ring (bicyclic) bond motifs is 1. The number of carbonyl (C=O) groups is 1. The van der Waals surface area contributed by atoms with E-state index in [4.69, 9.17) is 23.7 Å². The number of hydrogen-bond acceptors (Lipinski definition) is 4. The summed E-state index contributed by atoms with van der Waals surface area (Å²) in [6.45, 7) is 0.0292. The van der Waals surface area contributed by atoms with Gasteiger partial charge in [-0.05, 0) is 37.3 Å². The molecule has 1 aliphatic carbocycles. The van der Waals surface area contributed by atoms with Gasteiger partial charge >= 0.3 is 0 Å². The van der Waals surface area contributed by atoms with Crippen LogP contribution in [0.1, 0.15) is 29.7 Å². The molecule has 18 heavy (non-hydrogen) atoms. The average Bonchev–Trinajstić information content (AvgIpc) is 2.35. The average molecular weight is 264 g/mol. The molecule has 0 saturated heterocycles. The Balaban J connectivity index is 2.35. The zero-order valence-electron chi connectivity index (χ0n) is 10.0. The zero-order valence-corrected chi connectivity index (χ0v) is 10.8. The molecular weight excluding hydrogens is 248 g/mol. The Kier molecular flexibility index (Phi) is 3.76. The summed E-state index contributed by atoms with van der Waals surface area (Å²) < 4.78 is 0. The number of anilines is 1. The lowest BCUT2D eigenvalue weighted by atomic mass is 9.94. The number of rotatable bonds is 4. The normalized spacial score (nSPS) is 13.8. The highest BCUT2D eigenvalue weighted by atomic mass is 32.1. The molecule has 5 N–H and O–H groups in total. The molecule has 0 spiro atoms. The minimum atomic E-state index is -0.441. The molecule has 0 bridgehead atoms. The van der Waals surface area contributed by atoms with Crippen molar-refractivity contribution in [3.05, 3.63) is 22.9 Å². The molecule has 0 aromatic carbocycles. The van der Waals surface area contributed by atoms with Gasteiger partial charge in [-0.2, -0.15) is 0 Å². The summed E-state index contributed by atoms with van der Waals surface area (Å²) in [6.07, 6.45) is 4.27. The Morgan fingerprint density at radius 1 is 1.39 bits per heavy atom. The minimum Gasteiger partial charge on any atom is -0.389 e. The fourth-order valence-electron chi connectivity index (χ4n) is 2.13. The van der Waals surface area contributed by atoms with E-state index in [1.54, 1.807) is 0 Å². The van der Waals surface area contributed by atoms with Crippen LogP contribution in [0.2, 0.25) is 0 Å². The van der Waals surface area contributed by atoms with Gasteiger partial charge in [0.15, 0.2) is 0 Å². The topological polar surface area (TPSA) is 94.0 Å². The van der Waals surface area contributed by atoms with Crippen molar-refractivity contribution in [1.29, 1.82) is 0 Å². The summed E-state index contributed by atoms with van der Waals surface area (Å²) in [5.41, 5.74) is 13.8. The monoisotopic (exact) mass is 264 g/mol. The van der Waals surface area contributed by atoms with Crippen molar-refractivity contribution in [2.45, 2.75) is 25.7 Å². The van der Waals surface area contributed by atoms with E-state index in [9.17, 15) is 4.79 Å². The number of thiocarbonyl (C=S) groups is 1. The summed E-state index contributed by atoms with van der Waals surface area (Å²) in [5, 5.41) is 2.89. The maximum Gasteiger partial charge on any atom is 0.236 e. The van der Waals surface area contributed by atoms with Crippen molar-refractivity contribution in [2.75, 3.05) is 11.9 Å². The summed E-state index contributed by atoms with van der Waals surface area (Å²) >= 11 is 5.02. The number of carbonyl (C=O) groups excluding carboxylic acids is 1. The van der Waals surface area contributed by atoms with Crippen LogP contribution in [0, 0.1) is 0 Å². The van der Waals surface area contributed by atoms with Gasteiger partial charge in [0.25, 0.3) is 0 Å². The maximum atomic E-state index is 10.8. The van der Waals surface area contributed by atoms with Gasteiger partial charge in [-0.15, -0.1) is 0 Å². The standard InChI is InChI=1S/C12H16N4OS/c13-10(17)6-15-12-8(11(14)18)5-7-3-1-2-4-9(7)16-12/h5H,1-4,6H2,(H2,13,17)(H2,14,18)(H,15,16). The van der Waals surface area contributed by atoms with Crippen LogP contribution in [0.5, 0.6) is 0 Å². The van der Waals surface area contributed by atoms with Crippen LogP contribution < -0.4 is 16.8 Å². The van der Waals surface area contributed by atoms with Crippen molar-refractivity contribution >= 4 is 28.9 Å². The maximum absolute atomic E-state index is 10.8. The number of nitrogens with two attached hydrogens (primary N) is 2. The molecule has 1 aromatic rings. The van der Waals surface area contributed by atoms with Gasteiger partial charge in [0.1, 0.15) is 10.8 Å². The van der Waals surface area contributed by atoms with Crippen LogP contribution in [0.15, 0.2) is 6.07 Å². The number of nitrogens with zero attached hydrogens (tertiary/aromatic N) is 1. The fraction of sp³-hybridized carbons (Fsp3) is 0.417. The first-order chi connectivity index (χ1) is 8.58. The highest BCUT2D eigenvalue weighted by Gasteiger charge is 2.16. The minimum absolute atomic E-state index is 0.0292. The van der Waals surface area contributed by atoms with Gasteiger partial charge in [0, 0.05) is 5.69 Å². The van der Waals surface area contributed by atoms with E-state index < -0.39 is 5.91 Å². The summed E-state index contributed by atoms with van der Waals surface area (Å²) in [5.74, 6) is 0.116. The van der Waals surface area contributed by atoms with E-state index in [0.29, 0.717) is 11.4 Å². The van der Waals surface area contributed by atoms with Crippen LogP contribution >= 0.6 is 12.2 Å². The van der Waals surface area contributed by atoms with E-state index in [-0.39, 0.29) is 11.5 Å². The zero-order chi connectivity index (χ0) is 13.1. The molecule has 1 aromatic heterocycles. The molecular formula is C12H16N4OS. The third-order valence-electron chi connectivity index (χ3n) is 3.00. The van der Waals surface area contributed by atoms with E-state index in [1.807, 2.05) is 6.07 Å². The second-order valence-electron chi connectivity index (χ2n) is 4.38. The van der Waals surface area contributed by atoms with Crippen LogP contribution in [0.3, 0.4) is 0 Å². The first-order valence-electron chi connectivity index (χ1n) is 5.92. The van der Waals surface area contributed by atoms with Crippen molar-refractivity contribution in [3.8, 4) is 0 Å². The van der Waals surface area contributed by atoms with Crippen LogP contribution in [0.4, 0.5) is 5.82 Å². The van der Waals surface area contributed by atoms with Crippen molar-refractivity contribution in [1.82, 2.24) is 4.98 Å². The Bertz CT molecular complexity index is 501. The highest BCUT2D eigenvalue weighted by molar-refractivity contribution is 7.80. The number of aromatic nitrogens is 1. The number of nitrogens with one attached hydrogen (secondary N) is 1. The van der Waals surface area contributed by atoms with Gasteiger partial charge in [0.2, 0.25) is 5.91 Å². The Hall–Kier alpha value is -1.69. The molecule has 2 rings (SSSR count). The smallest absolute Gasteiger partial charge is 0.236 e. The number of primary amides is 1. The van der Waals surface area contributed by atoms with E-state index in [2.05, 4.69) is 10.3 Å². The van der Waals surface area contributed by atoms with Gasteiger partial charge in [-0.1, -0.05) is 12.2 Å². The Morgan fingerprint density at radius 2 is 2.11 bits per heavy atom. The Morgan fingerprint density at radius 3 is 2.78 bits per heavy atom. The number of hydrogen-bond donors (Lipinski definition) is 3. The SMILES string of the molecule is NC(=O)CNc1nc2c(cc1C(N)=S)CCCC2. The van der Waals surface area contributed by atoms with Gasteiger partial charge < -0.3 is 16.8 Å². The highest BCUT2D eigenvalue weighted by Crippen LogP contribution is 2.24. The van der Waals surface area contributed by atoms with Crippen LogP contribution in [-0.4, -0.2) is 22.4 Å². The van der Waals surface area contributed by atoms with E-state index in [0.717, 1.165) is 25.0 Å². The molecule has 0 atom stereocenters. The third kappa shape index (κ3) is 2.76. The number of pyridine rings is 1. The van der Waals surface area contributed by atoms with Crippen molar-refractivity contribution in [3.63, 3.8) is 0 Å². The van der Waals surface area contributed by atoms with E-state index >= 15 is 0 Å². The number of amides is 1. The molecule has 1 aliphatic rings. The van der Waals surface area contributed by atoms with Gasteiger partial charge in [-0.3, -0.25) is 4.79 Å². The van der Waals surface area contributed by atoms with Crippen LogP contribution in [-0.2, 0) is 17.6 Å². The third-order valence-corrected chi connectivity index (χ3v) is 3.22. The molecule has 96 valence electrons. The summed E-state index contributed by atoms with van der Waals surface area (Å²) in [6, 6.07) is 1.98. The predicted molar refractivity (Wildman–Crippen MR) is 74.5 cm³/mol. The van der Waals surface area contributed by atoms with E-state index in [1.165, 1.54) is 12.0 Å². The molecule has 0 saturated carbocycles. The second-order valence-corrected chi connectivity index (χ2v) is 4.82. The summed E-state index contributed by atoms with van der Waals surface area (Å²) in [4.78, 5) is 15.6. The molecule has 0 radical (unpaired) electrons. The number of aryl methyl sites for hydroxylation is 2. The van der Waals surface area contributed by atoms with Crippen molar-refractivity contribution in [2.24, 2.45) is 11.5 Å². The molecule has 1 amide bonds. The molecule has 0 aliphatic heterocycles. The lowest BCUT2D eigenvalue weighted by Gasteiger charge is -2.18. The molecule has 6 heteroatoms. The lowest BCUT2D eigenvalue weighted by Crippen LogP contribution is -2.25. The van der Waals surface area contributed by atoms with Crippen LogP contribution in [0.25, 0.3) is 0 Å². The molecule has 1 heterocycles. The fourth-order valence-corrected chi connectivity index (χ4v) is 2.28. The molecule has 5 nitrogen and oxygen atoms in total. The Labute approximate surface area is 111 Å². The largest absolute Gasteiger partial charge is 0.389 e. The second kappa shape index (κ2) is 5.30. The van der Waals surface area contributed by atoms with Gasteiger partial charge in [-0.25, -0.2) is 4.98 Å². The predicted octanol–water partition coefficient (Wildman–Crippen LogP) is 0.492. The van der Waals surface area contributed by atoms with Crippen molar-refractivity contribution < 1.29 is 4.79 Å². The lowest BCUT2D eigenvalue weighted by molar-refractivity contribution is -0.116. The molecule has 0 fully saturated rings. The quantitative estimate of drug-likeness (QED) is 0.688. The first kappa shape index (κ1) is 12.8. The first-order valence-corrected chi connectivity index (χ1v) is 6.33. The molecule has 0 unspecified atom stereocenters.